The molecule has 24 heavy (non-hydrogen) atoms. The zero-order chi connectivity index (χ0) is 16.9. The number of benzene rings is 2. The quantitative estimate of drug-likeness (QED) is 0.368. The van der Waals surface area contributed by atoms with Crippen molar-refractivity contribution in [3.8, 4) is 11.5 Å². The molecule has 0 amide bonds. The van der Waals surface area contributed by atoms with Gasteiger partial charge in [0.1, 0.15) is 5.75 Å². The molecule has 0 aliphatic heterocycles. The minimum absolute atomic E-state index is 0.803. The van der Waals surface area contributed by atoms with Crippen molar-refractivity contribution in [2.45, 2.75) is 39.0 Å². The monoisotopic (exact) mass is 449 g/mol. The van der Waals surface area contributed by atoms with Crippen LogP contribution in [0.15, 0.2) is 51.5 Å². The van der Waals surface area contributed by atoms with E-state index in [0.29, 0.717) is 0 Å². The SMILES string of the molecule is CCCCCCc1c[nH]c2ccc(Oc3c(Br)cccc3Br)cc12. The van der Waals surface area contributed by atoms with Crippen molar-refractivity contribution in [2.24, 2.45) is 0 Å². The number of nitrogens with one attached hydrogen (secondary N) is 1. The molecule has 0 saturated carbocycles. The lowest BCUT2D eigenvalue weighted by Gasteiger charge is -2.10. The number of rotatable bonds is 7. The maximum Gasteiger partial charge on any atom is 0.155 e. The van der Waals surface area contributed by atoms with Gasteiger partial charge in [0.25, 0.3) is 0 Å². The van der Waals surface area contributed by atoms with E-state index in [1.54, 1.807) is 0 Å². The van der Waals surface area contributed by atoms with Crippen molar-refractivity contribution in [3.05, 3.63) is 57.1 Å². The maximum atomic E-state index is 6.11. The van der Waals surface area contributed by atoms with Crippen LogP contribution in [-0.2, 0) is 6.42 Å². The number of ether oxygens (including phenoxy) is 1. The van der Waals surface area contributed by atoms with Gasteiger partial charge in [0.15, 0.2) is 5.75 Å². The molecule has 1 heterocycles. The summed E-state index contributed by atoms with van der Waals surface area (Å²) in [5.41, 5.74) is 2.54. The number of para-hydroxylation sites is 1. The maximum absolute atomic E-state index is 6.11. The molecule has 4 heteroatoms. The second kappa shape index (κ2) is 8.21. The van der Waals surface area contributed by atoms with Gasteiger partial charge >= 0.3 is 0 Å². The predicted molar refractivity (Wildman–Crippen MR) is 108 cm³/mol. The molecule has 3 rings (SSSR count). The fraction of sp³-hybridized carbons (Fsp3) is 0.300. The summed E-state index contributed by atoms with van der Waals surface area (Å²) in [5.74, 6) is 1.65. The molecule has 0 unspecified atom stereocenters. The van der Waals surface area contributed by atoms with E-state index in [0.717, 1.165) is 26.9 Å². The predicted octanol–water partition coefficient (Wildman–Crippen LogP) is 7.61. The van der Waals surface area contributed by atoms with E-state index in [4.69, 9.17) is 4.74 Å². The van der Waals surface area contributed by atoms with E-state index in [9.17, 15) is 0 Å². The molecule has 0 aliphatic carbocycles. The van der Waals surface area contributed by atoms with Gasteiger partial charge in [0, 0.05) is 17.1 Å². The molecule has 2 nitrogen and oxygen atoms in total. The van der Waals surface area contributed by atoms with Gasteiger partial charge in [-0.3, -0.25) is 0 Å². The molecule has 0 aliphatic rings. The number of aromatic nitrogens is 1. The van der Waals surface area contributed by atoms with Crippen molar-refractivity contribution in [3.63, 3.8) is 0 Å². The average molecular weight is 451 g/mol. The van der Waals surface area contributed by atoms with Crippen molar-refractivity contribution < 1.29 is 4.74 Å². The molecule has 126 valence electrons. The zero-order valence-electron chi connectivity index (χ0n) is 13.7. The number of aryl methyl sites for hydroxylation is 1. The van der Waals surface area contributed by atoms with Gasteiger partial charge in [0.2, 0.25) is 0 Å². The van der Waals surface area contributed by atoms with Gasteiger partial charge in [-0.25, -0.2) is 0 Å². The van der Waals surface area contributed by atoms with E-state index in [1.165, 1.54) is 42.1 Å². The summed E-state index contributed by atoms with van der Waals surface area (Å²) in [7, 11) is 0. The molecule has 0 radical (unpaired) electrons. The van der Waals surface area contributed by atoms with Crippen molar-refractivity contribution in [2.75, 3.05) is 0 Å². The van der Waals surface area contributed by atoms with Crippen LogP contribution in [-0.4, -0.2) is 4.98 Å². The van der Waals surface area contributed by atoms with Crippen LogP contribution in [0.4, 0.5) is 0 Å². The number of hydrogen-bond acceptors (Lipinski definition) is 1. The Bertz CT molecular complexity index is 805. The summed E-state index contributed by atoms with van der Waals surface area (Å²) < 4.78 is 7.98. The summed E-state index contributed by atoms with van der Waals surface area (Å²) in [6.45, 7) is 2.25. The third-order valence-electron chi connectivity index (χ3n) is 4.18. The minimum Gasteiger partial charge on any atom is -0.455 e. The van der Waals surface area contributed by atoms with E-state index in [-0.39, 0.29) is 0 Å². The molecule has 0 spiro atoms. The molecule has 2 aromatic carbocycles. The Labute approximate surface area is 159 Å². The van der Waals surface area contributed by atoms with Crippen LogP contribution in [0.5, 0.6) is 11.5 Å². The number of hydrogen-bond donors (Lipinski definition) is 1. The Morgan fingerprint density at radius 3 is 2.54 bits per heavy atom. The topological polar surface area (TPSA) is 25.0 Å². The molecule has 1 aromatic heterocycles. The number of H-pyrrole nitrogens is 1. The molecular weight excluding hydrogens is 430 g/mol. The molecule has 0 saturated heterocycles. The normalized spacial score (nSPS) is 11.1. The van der Waals surface area contributed by atoms with Gasteiger partial charge in [0.05, 0.1) is 8.95 Å². The van der Waals surface area contributed by atoms with Crippen LogP contribution in [0, 0.1) is 0 Å². The van der Waals surface area contributed by atoms with Gasteiger partial charge in [-0.15, -0.1) is 0 Å². The van der Waals surface area contributed by atoms with Crippen LogP contribution in [0.25, 0.3) is 10.9 Å². The van der Waals surface area contributed by atoms with Gasteiger partial charge in [-0.1, -0.05) is 32.3 Å². The first-order chi connectivity index (χ1) is 11.7. The van der Waals surface area contributed by atoms with Gasteiger partial charge in [-0.2, -0.15) is 0 Å². The molecule has 0 atom stereocenters. The van der Waals surface area contributed by atoms with E-state index < -0.39 is 0 Å². The second-order valence-corrected chi connectivity index (χ2v) is 7.69. The number of unbranched alkanes of at least 4 members (excludes halogenated alkanes) is 3. The third kappa shape index (κ3) is 4.04. The highest BCUT2D eigenvalue weighted by Crippen LogP contribution is 2.37. The van der Waals surface area contributed by atoms with Crippen LogP contribution in [0.2, 0.25) is 0 Å². The van der Waals surface area contributed by atoms with Gasteiger partial charge in [-0.05, 0) is 80.6 Å². The van der Waals surface area contributed by atoms with Crippen LogP contribution in [0.1, 0.15) is 38.2 Å². The fourth-order valence-corrected chi connectivity index (χ4v) is 4.03. The largest absolute Gasteiger partial charge is 0.455 e. The smallest absolute Gasteiger partial charge is 0.155 e. The van der Waals surface area contributed by atoms with Crippen LogP contribution < -0.4 is 4.74 Å². The highest BCUT2D eigenvalue weighted by atomic mass is 79.9. The zero-order valence-corrected chi connectivity index (χ0v) is 16.9. The Balaban J connectivity index is 1.82. The summed E-state index contributed by atoms with van der Waals surface area (Å²) in [4.78, 5) is 3.37. The lowest BCUT2D eigenvalue weighted by atomic mass is 10.1. The first-order valence-electron chi connectivity index (χ1n) is 8.41. The molecule has 1 N–H and O–H groups in total. The van der Waals surface area contributed by atoms with Crippen molar-refractivity contribution >= 4 is 42.8 Å². The van der Waals surface area contributed by atoms with E-state index in [2.05, 4.69) is 62.1 Å². The fourth-order valence-electron chi connectivity index (χ4n) is 2.87. The summed E-state index contributed by atoms with van der Waals surface area (Å²) >= 11 is 7.10. The highest BCUT2D eigenvalue weighted by Gasteiger charge is 2.10. The second-order valence-electron chi connectivity index (χ2n) is 5.98. The first kappa shape index (κ1) is 17.6. The summed E-state index contributed by atoms with van der Waals surface area (Å²) in [6, 6.07) is 12.2. The Morgan fingerprint density at radius 2 is 1.79 bits per heavy atom. The molecule has 0 fully saturated rings. The van der Waals surface area contributed by atoms with Gasteiger partial charge < -0.3 is 9.72 Å². The van der Waals surface area contributed by atoms with Crippen LogP contribution >= 0.6 is 31.9 Å². The average Bonchev–Trinajstić information content (AvgIpc) is 2.98. The van der Waals surface area contributed by atoms with E-state index in [1.807, 2.05) is 24.3 Å². The summed E-state index contributed by atoms with van der Waals surface area (Å²) in [5, 5.41) is 1.26. The number of halogens is 2. The minimum atomic E-state index is 0.803. The van der Waals surface area contributed by atoms with Crippen LogP contribution in [0.3, 0.4) is 0 Å². The lowest BCUT2D eigenvalue weighted by Crippen LogP contribution is -1.88. The Hall–Kier alpha value is -1.26. The molecule has 3 aromatic rings. The van der Waals surface area contributed by atoms with Crippen molar-refractivity contribution in [1.29, 1.82) is 0 Å². The third-order valence-corrected chi connectivity index (χ3v) is 5.43. The molecule has 0 bridgehead atoms. The summed E-state index contributed by atoms with van der Waals surface area (Å²) in [6.07, 6.45) is 8.36. The number of aromatic amines is 1. The lowest BCUT2D eigenvalue weighted by molar-refractivity contribution is 0.477. The Kier molecular flexibility index (Phi) is 6.01. The Morgan fingerprint density at radius 1 is 1.00 bits per heavy atom. The highest BCUT2D eigenvalue weighted by molar-refractivity contribution is 9.11. The van der Waals surface area contributed by atoms with Crippen molar-refractivity contribution in [1.82, 2.24) is 4.98 Å². The number of fused-ring (bicyclic) bond motifs is 1. The standard InChI is InChI=1S/C20H21Br2NO/c1-2-3-4-5-7-14-13-23-19-11-10-15(12-16(14)19)24-20-17(21)8-6-9-18(20)22/h6,8-13,23H,2-5,7H2,1H3. The van der Waals surface area contributed by atoms with E-state index >= 15 is 0 Å². The molecular formula is C20H21Br2NO. The first-order valence-corrected chi connectivity index (χ1v) is 9.99.